The number of nitrogens with two attached hydrogens (primary N) is 1. The zero-order valence-corrected chi connectivity index (χ0v) is 11.3. The quantitative estimate of drug-likeness (QED) is 0.493. The highest BCUT2D eigenvalue weighted by molar-refractivity contribution is 6.28. The van der Waals surface area contributed by atoms with Gasteiger partial charge in [-0.05, 0) is 37.3 Å². The summed E-state index contributed by atoms with van der Waals surface area (Å²) in [5, 5.41) is 13.8. The van der Waals surface area contributed by atoms with E-state index >= 15 is 0 Å². The Bertz CT molecular complexity index is 531. The van der Waals surface area contributed by atoms with Crippen LogP contribution in [0.4, 0.5) is 11.5 Å². The Labute approximate surface area is 119 Å². The maximum absolute atomic E-state index is 11.1. The third kappa shape index (κ3) is 3.32. The highest BCUT2D eigenvalue weighted by Crippen LogP contribution is 2.29. The molecule has 1 aromatic rings. The number of carbonyl (C=O) groups excluding carboxylic acids is 1. The van der Waals surface area contributed by atoms with Crippen LogP contribution < -0.4 is 11.1 Å². The fraction of sp³-hybridized carbons (Fsp3) is 0.545. The standard InChI is InChI=1S/C11H14ClN5O3/c12-11-14-5-8(17(19)20)10(16-11)15-7-3-1-6(2-4-7)9(13)18/h5-7H,1-4H2,(H2,13,18)(H,14,15,16)/t6-,7-. The first kappa shape index (κ1) is 14.4. The molecule has 1 heterocycles. The van der Waals surface area contributed by atoms with Crippen LogP contribution in [0.25, 0.3) is 0 Å². The molecule has 1 saturated carbocycles. The monoisotopic (exact) mass is 299 g/mol. The highest BCUT2D eigenvalue weighted by atomic mass is 35.5. The number of nitrogens with zero attached hydrogens (tertiary/aromatic N) is 3. The van der Waals surface area contributed by atoms with Gasteiger partial charge in [0.1, 0.15) is 6.20 Å². The van der Waals surface area contributed by atoms with Crippen molar-refractivity contribution in [2.75, 3.05) is 5.32 Å². The first-order valence-electron chi connectivity index (χ1n) is 6.20. The lowest BCUT2D eigenvalue weighted by atomic mass is 9.85. The maximum atomic E-state index is 11.1. The average Bonchev–Trinajstić information content (AvgIpc) is 2.39. The predicted molar refractivity (Wildman–Crippen MR) is 72.3 cm³/mol. The number of hydrogen-bond donors (Lipinski definition) is 2. The fourth-order valence-corrected chi connectivity index (χ4v) is 2.44. The molecule has 0 radical (unpaired) electrons. The van der Waals surface area contributed by atoms with E-state index in [1.54, 1.807) is 0 Å². The van der Waals surface area contributed by atoms with Crippen molar-refractivity contribution in [3.05, 3.63) is 21.6 Å². The number of amides is 1. The number of nitro groups is 1. The van der Waals surface area contributed by atoms with Crippen molar-refractivity contribution >= 4 is 29.0 Å². The van der Waals surface area contributed by atoms with Gasteiger partial charge in [0.2, 0.25) is 17.0 Å². The van der Waals surface area contributed by atoms with Crippen LogP contribution in [0.15, 0.2) is 6.20 Å². The first-order chi connectivity index (χ1) is 9.47. The Morgan fingerprint density at radius 3 is 2.65 bits per heavy atom. The number of rotatable bonds is 4. The molecule has 0 spiro atoms. The molecule has 8 nitrogen and oxygen atoms in total. The van der Waals surface area contributed by atoms with Crippen molar-refractivity contribution in [1.29, 1.82) is 0 Å². The summed E-state index contributed by atoms with van der Waals surface area (Å²) in [4.78, 5) is 28.9. The number of anilines is 1. The van der Waals surface area contributed by atoms with E-state index in [4.69, 9.17) is 17.3 Å². The molecule has 1 aliphatic rings. The number of carbonyl (C=O) groups is 1. The van der Waals surface area contributed by atoms with Crippen molar-refractivity contribution in [2.24, 2.45) is 11.7 Å². The molecule has 0 bridgehead atoms. The highest BCUT2D eigenvalue weighted by Gasteiger charge is 2.27. The molecule has 1 amide bonds. The third-order valence-corrected chi connectivity index (χ3v) is 3.59. The first-order valence-corrected chi connectivity index (χ1v) is 6.58. The minimum Gasteiger partial charge on any atom is -0.369 e. The Balaban J connectivity index is 2.06. The topological polar surface area (TPSA) is 124 Å². The third-order valence-electron chi connectivity index (χ3n) is 3.41. The van der Waals surface area contributed by atoms with E-state index in [-0.39, 0.29) is 34.7 Å². The van der Waals surface area contributed by atoms with Crippen molar-refractivity contribution in [1.82, 2.24) is 9.97 Å². The van der Waals surface area contributed by atoms with E-state index in [1.165, 1.54) is 0 Å². The Morgan fingerprint density at radius 1 is 1.45 bits per heavy atom. The summed E-state index contributed by atoms with van der Waals surface area (Å²) in [5.41, 5.74) is 5.05. The summed E-state index contributed by atoms with van der Waals surface area (Å²) in [6, 6.07) is 0.00951. The molecular formula is C11H14ClN5O3. The minimum absolute atomic E-state index is 0.00951. The van der Waals surface area contributed by atoms with Crippen LogP contribution >= 0.6 is 11.6 Å². The second kappa shape index (κ2) is 6.00. The van der Waals surface area contributed by atoms with E-state index < -0.39 is 4.92 Å². The summed E-state index contributed by atoms with van der Waals surface area (Å²) in [6.45, 7) is 0. The maximum Gasteiger partial charge on any atom is 0.329 e. The van der Waals surface area contributed by atoms with Crippen LogP contribution in [0, 0.1) is 16.0 Å². The molecule has 108 valence electrons. The molecule has 0 aromatic carbocycles. The SMILES string of the molecule is NC(=O)[C@H]1CC[C@H](Nc2nc(Cl)ncc2[N+](=O)[O-])CC1. The Hall–Kier alpha value is -1.96. The van der Waals surface area contributed by atoms with E-state index in [0.29, 0.717) is 25.7 Å². The largest absolute Gasteiger partial charge is 0.369 e. The normalized spacial score (nSPS) is 22.2. The van der Waals surface area contributed by atoms with Crippen LogP contribution in [0.2, 0.25) is 5.28 Å². The van der Waals surface area contributed by atoms with Gasteiger partial charge >= 0.3 is 5.69 Å². The molecule has 9 heteroatoms. The van der Waals surface area contributed by atoms with Crippen LogP contribution in [0.5, 0.6) is 0 Å². The zero-order valence-electron chi connectivity index (χ0n) is 10.6. The molecule has 20 heavy (non-hydrogen) atoms. The van der Waals surface area contributed by atoms with Gasteiger partial charge in [-0.25, -0.2) is 4.98 Å². The fourth-order valence-electron chi connectivity index (χ4n) is 2.31. The van der Waals surface area contributed by atoms with E-state index in [2.05, 4.69) is 15.3 Å². The number of primary amides is 1. The summed E-state index contributed by atoms with van der Waals surface area (Å²) < 4.78 is 0. The van der Waals surface area contributed by atoms with Gasteiger partial charge in [0.25, 0.3) is 0 Å². The van der Waals surface area contributed by atoms with Gasteiger partial charge in [-0.2, -0.15) is 4.98 Å². The summed E-state index contributed by atoms with van der Waals surface area (Å²) in [7, 11) is 0. The Morgan fingerprint density at radius 2 is 2.10 bits per heavy atom. The second-order valence-electron chi connectivity index (χ2n) is 4.73. The van der Waals surface area contributed by atoms with E-state index in [1.807, 2.05) is 0 Å². The van der Waals surface area contributed by atoms with Crippen molar-refractivity contribution < 1.29 is 9.72 Å². The van der Waals surface area contributed by atoms with Crippen LogP contribution in [-0.4, -0.2) is 26.8 Å². The van der Waals surface area contributed by atoms with Gasteiger partial charge in [-0.3, -0.25) is 14.9 Å². The van der Waals surface area contributed by atoms with Gasteiger partial charge in [0, 0.05) is 12.0 Å². The molecule has 0 unspecified atom stereocenters. The van der Waals surface area contributed by atoms with Crippen molar-refractivity contribution in [3.8, 4) is 0 Å². The lowest BCUT2D eigenvalue weighted by Gasteiger charge is -2.27. The number of aromatic nitrogens is 2. The second-order valence-corrected chi connectivity index (χ2v) is 5.06. The minimum atomic E-state index is -0.562. The van der Waals surface area contributed by atoms with Gasteiger partial charge < -0.3 is 11.1 Å². The lowest BCUT2D eigenvalue weighted by Crippen LogP contribution is -2.32. The molecule has 0 saturated heterocycles. The lowest BCUT2D eigenvalue weighted by molar-refractivity contribution is -0.384. The van der Waals surface area contributed by atoms with Gasteiger partial charge in [-0.15, -0.1) is 0 Å². The smallest absolute Gasteiger partial charge is 0.329 e. The van der Waals surface area contributed by atoms with Crippen LogP contribution in [0.1, 0.15) is 25.7 Å². The summed E-state index contributed by atoms with van der Waals surface area (Å²) in [6.07, 6.45) is 3.81. The molecule has 0 atom stereocenters. The van der Waals surface area contributed by atoms with E-state index in [0.717, 1.165) is 6.20 Å². The Kier molecular flexibility index (Phi) is 4.33. The molecule has 1 aliphatic carbocycles. The number of halogens is 1. The molecule has 0 aliphatic heterocycles. The predicted octanol–water partition coefficient (Wildman–Crippen LogP) is 1.49. The zero-order chi connectivity index (χ0) is 14.7. The van der Waals surface area contributed by atoms with Crippen LogP contribution in [0.3, 0.4) is 0 Å². The number of hydrogen-bond acceptors (Lipinski definition) is 6. The molecular weight excluding hydrogens is 286 g/mol. The molecule has 1 aromatic heterocycles. The van der Waals surface area contributed by atoms with Crippen molar-refractivity contribution in [3.63, 3.8) is 0 Å². The molecule has 2 rings (SSSR count). The van der Waals surface area contributed by atoms with Gasteiger partial charge in [0.15, 0.2) is 0 Å². The van der Waals surface area contributed by atoms with Crippen LogP contribution in [-0.2, 0) is 4.79 Å². The van der Waals surface area contributed by atoms with Crippen molar-refractivity contribution in [2.45, 2.75) is 31.7 Å². The summed E-state index contributed by atoms with van der Waals surface area (Å²) in [5.74, 6) is -0.297. The van der Waals surface area contributed by atoms with Gasteiger partial charge in [0.05, 0.1) is 4.92 Å². The van der Waals surface area contributed by atoms with Gasteiger partial charge in [-0.1, -0.05) is 0 Å². The van der Waals surface area contributed by atoms with E-state index in [9.17, 15) is 14.9 Å². The molecule has 1 fully saturated rings. The molecule has 3 N–H and O–H groups in total. The summed E-state index contributed by atoms with van der Waals surface area (Å²) >= 11 is 5.66. The number of nitrogens with one attached hydrogen (secondary N) is 1. The average molecular weight is 300 g/mol.